The van der Waals surface area contributed by atoms with Crippen molar-refractivity contribution in [2.75, 3.05) is 26.2 Å². The van der Waals surface area contributed by atoms with Gasteiger partial charge in [0.25, 0.3) is 5.91 Å². The number of carbonyl (C=O) groups excluding carboxylic acids is 3. The predicted octanol–water partition coefficient (Wildman–Crippen LogP) is 3.04. The largest absolute Gasteiger partial charge is 0.344 e. The molecule has 1 aliphatic heterocycles. The van der Waals surface area contributed by atoms with E-state index in [4.69, 9.17) is 0 Å². The number of hydrogen-bond acceptors (Lipinski definition) is 4. The van der Waals surface area contributed by atoms with Gasteiger partial charge in [-0.3, -0.25) is 14.4 Å². The van der Waals surface area contributed by atoms with E-state index in [0.29, 0.717) is 31.7 Å². The number of pyridine rings is 1. The normalized spacial score (nSPS) is 19.1. The number of carbonyl (C=O) groups is 3. The Morgan fingerprint density at radius 3 is 2.44 bits per heavy atom. The van der Waals surface area contributed by atoms with E-state index in [1.165, 1.54) is 6.42 Å². The van der Waals surface area contributed by atoms with Gasteiger partial charge in [-0.1, -0.05) is 33.1 Å². The third kappa shape index (κ3) is 5.10. The van der Waals surface area contributed by atoms with Crippen LogP contribution < -0.4 is 5.32 Å². The van der Waals surface area contributed by atoms with Crippen LogP contribution in [-0.2, 0) is 9.59 Å². The summed E-state index contributed by atoms with van der Waals surface area (Å²) in [7, 11) is 0. The smallest absolute Gasteiger partial charge is 0.254 e. The number of amides is 3. The average Bonchev–Trinajstić information content (AvgIpc) is 3.33. The Labute approximate surface area is 201 Å². The molecule has 1 aliphatic carbocycles. The molecule has 2 fully saturated rings. The summed E-state index contributed by atoms with van der Waals surface area (Å²) in [4.78, 5) is 43.1. The molecule has 3 heterocycles. The van der Waals surface area contributed by atoms with Gasteiger partial charge in [0, 0.05) is 50.1 Å². The molecular formula is C26H37N5O3. The number of nitrogens with zero attached hydrogens (tertiary/aromatic N) is 4. The molecule has 184 valence electrons. The summed E-state index contributed by atoms with van der Waals surface area (Å²) < 4.78 is 1.77. The molecule has 1 saturated carbocycles. The van der Waals surface area contributed by atoms with Crippen molar-refractivity contribution >= 4 is 23.2 Å². The van der Waals surface area contributed by atoms with Gasteiger partial charge in [0.15, 0.2) is 0 Å². The molecule has 0 unspecified atom stereocenters. The van der Waals surface area contributed by atoms with Crippen LogP contribution in [0.4, 0.5) is 0 Å². The Balaban J connectivity index is 1.42. The van der Waals surface area contributed by atoms with Gasteiger partial charge in [0.1, 0.15) is 6.04 Å². The number of aryl methyl sites for hydroxylation is 1. The first-order chi connectivity index (χ1) is 16.4. The predicted molar refractivity (Wildman–Crippen MR) is 130 cm³/mol. The fraction of sp³-hybridized carbons (Fsp3) is 0.615. The van der Waals surface area contributed by atoms with E-state index >= 15 is 0 Å². The highest BCUT2D eigenvalue weighted by Crippen LogP contribution is 2.28. The summed E-state index contributed by atoms with van der Waals surface area (Å²) in [5, 5.41) is 7.33. The van der Waals surface area contributed by atoms with Crippen molar-refractivity contribution in [1.82, 2.24) is 24.7 Å². The van der Waals surface area contributed by atoms with Crippen molar-refractivity contribution < 1.29 is 14.4 Å². The Kier molecular flexibility index (Phi) is 7.54. The fourth-order valence-corrected chi connectivity index (χ4v) is 5.12. The fourth-order valence-electron chi connectivity index (χ4n) is 5.12. The third-order valence-electron chi connectivity index (χ3n) is 7.59. The zero-order valence-electron chi connectivity index (χ0n) is 20.6. The molecular weight excluding hydrogens is 430 g/mol. The number of piperazine rings is 1. The first kappa shape index (κ1) is 24.2. The van der Waals surface area contributed by atoms with Crippen LogP contribution in [0, 0.1) is 18.8 Å². The van der Waals surface area contributed by atoms with Crippen molar-refractivity contribution in [2.24, 2.45) is 11.8 Å². The van der Waals surface area contributed by atoms with E-state index in [2.05, 4.69) is 10.4 Å². The molecule has 0 spiro atoms. The molecule has 4 rings (SSSR count). The zero-order chi connectivity index (χ0) is 24.2. The lowest BCUT2D eigenvalue weighted by Gasteiger charge is -2.39. The highest BCUT2D eigenvalue weighted by molar-refractivity contribution is 5.97. The lowest BCUT2D eigenvalue weighted by atomic mass is 9.83. The summed E-state index contributed by atoms with van der Waals surface area (Å²) in [5.41, 5.74) is 2.44. The third-order valence-corrected chi connectivity index (χ3v) is 7.59. The molecule has 2 aromatic heterocycles. The van der Waals surface area contributed by atoms with E-state index < -0.39 is 6.04 Å². The van der Waals surface area contributed by atoms with Gasteiger partial charge in [0.2, 0.25) is 11.8 Å². The van der Waals surface area contributed by atoms with Crippen LogP contribution in [0.15, 0.2) is 24.5 Å². The topological polar surface area (TPSA) is 87.0 Å². The lowest BCUT2D eigenvalue weighted by Crippen LogP contribution is -2.58. The minimum atomic E-state index is -0.462. The van der Waals surface area contributed by atoms with Crippen LogP contribution >= 0.6 is 0 Å². The molecule has 2 atom stereocenters. The van der Waals surface area contributed by atoms with Gasteiger partial charge in [-0.2, -0.15) is 5.10 Å². The van der Waals surface area contributed by atoms with Crippen molar-refractivity contribution in [3.8, 4) is 0 Å². The Bertz CT molecular complexity index is 1030. The molecule has 1 N–H and O–H groups in total. The first-order valence-corrected chi connectivity index (χ1v) is 12.7. The van der Waals surface area contributed by atoms with E-state index in [1.807, 2.05) is 48.9 Å². The summed E-state index contributed by atoms with van der Waals surface area (Å²) >= 11 is 0. The van der Waals surface area contributed by atoms with Gasteiger partial charge in [-0.05, 0) is 49.8 Å². The van der Waals surface area contributed by atoms with Gasteiger partial charge >= 0.3 is 0 Å². The molecule has 34 heavy (non-hydrogen) atoms. The zero-order valence-corrected chi connectivity index (χ0v) is 20.6. The molecule has 3 amide bonds. The maximum absolute atomic E-state index is 13.6. The van der Waals surface area contributed by atoms with Crippen LogP contribution in [0.25, 0.3) is 5.52 Å². The van der Waals surface area contributed by atoms with Crippen molar-refractivity contribution in [1.29, 1.82) is 0 Å². The molecule has 0 aromatic carbocycles. The van der Waals surface area contributed by atoms with E-state index in [1.54, 1.807) is 10.7 Å². The minimum absolute atomic E-state index is 0.00696. The summed E-state index contributed by atoms with van der Waals surface area (Å²) in [6.07, 6.45) is 9.71. The van der Waals surface area contributed by atoms with Crippen LogP contribution in [0.2, 0.25) is 0 Å². The Morgan fingerprint density at radius 2 is 1.76 bits per heavy atom. The first-order valence-electron chi connectivity index (χ1n) is 12.7. The SMILES string of the molecule is CC[C@@H](C)C(=O)N[C@H](C(=O)N1CCN(C(=O)c2cc3ccnn3cc2C)CC1)C1CCCCC1. The summed E-state index contributed by atoms with van der Waals surface area (Å²) in [6, 6.07) is 3.30. The quantitative estimate of drug-likeness (QED) is 0.708. The van der Waals surface area contributed by atoms with Crippen molar-refractivity contribution in [3.63, 3.8) is 0 Å². The monoisotopic (exact) mass is 467 g/mol. The highest BCUT2D eigenvalue weighted by atomic mass is 16.2. The Hall–Kier alpha value is -2.90. The number of hydrogen-bond donors (Lipinski definition) is 1. The van der Waals surface area contributed by atoms with E-state index in [9.17, 15) is 14.4 Å². The maximum atomic E-state index is 13.6. The summed E-state index contributed by atoms with van der Waals surface area (Å²) in [6.45, 7) is 7.77. The molecule has 0 radical (unpaired) electrons. The van der Waals surface area contributed by atoms with Crippen LogP contribution in [0.5, 0.6) is 0 Å². The number of nitrogens with one attached hydrogen (secondary N) is 1. The standard InChI is InChI=1S/C26H37N5O3/c1-4-18(2)24(32)28-23(20-8-6-5-7-9-20)26(34)30-14-12-29(13-15-30)25(33)22-16-21-10-11-27-31(21)17-19(22)3/h10-11,16-18,20,23H,4-9,12-15H2,1-3H3,(H,28,32)/t18-,23+/m1/s1. The minimum Gasteiger partial charge on any atom is -0.344 e. The van der Waals surface area contributed by atoms with E-state index in [0.717, 1.165) is 43.2 Å². The summed E-state index contributed by atoms with van der Waals surface area (Å²) in [5.74, 6) is 0.0457. The second-order valence-electron chi connectivity index (χ2n) is 9.88. The lowest BCUT2D eigenvalue weighted by molar-refractivity contribution is -0.140. The number of rotatable bonds is 6. The molecule has 8 nitrogen and oxygen atoms in total. The molecule has 0 bridgehead atoms. The number of fused-ring (bicyclic) bond motifs is 1. The van der Waals surface area contributed by atoms with Crippen molar-refractivity contribution in [2.45, 2.75) is 65.3 Å². The van der Waals surface area contributed by atoms with E-state index in [-0.39, 0.29) is 29.6 Å². The van der Waals surface area contributed by atoms with Crippen LogP contribution in [0.1, 0.15) is 68.3 Å². The molecule has 1 saturated heterocycles. The molecule has 2 aromatic rings. The van der Waals surface area contributed by atoms with Gasteiger partial charge in [-0.25, -0.2) is 4.52 Å². The highest BCUT2D eigenvalue weighted by Gasteiger charge is 2.36. The van der Waals surface area contributed by atoms with Gasteiger partial charge in [0.05, 0.1) is 5.52 Å². The van der Waals surface area contributed by atoms with Gasteiger partial charge < -0.3 is 15.1 Å². The van der Waals surface area contributed by atoms with Crippen LogP contribution in [-0.4, -0.2) is 69.4 Å². The van der Waals surface area contributed by atoms with Crippen LogP contribution in [0.3, 0.4) is 0 Å². The molecule has 2 aliphatic rings. The second kappa shape index (κ2) is 10.6. The van der Waals surface area contributed by atoms with Crippen molar-refractivity contribution in [3.05, 3.63) is 35.7 Å². The Morgan fingerprint density at radius 1 is 1.09 bits per heavy atom. The average molecular weight is 468 g/mol. The molecule has 8 heteroatoms. The second-order valence-corrected chi connectivity index (χ2v) is 9.88. The maximum Gasteiger partial charge on any atom is 0.254 e. The van der Waals surface area contributed by atoms with Gasteiger partial charge in [-0.15, -0.1) is 0 Å². The number of aromatic nitrogens is 2.